The van der Waals surface area contributed by atoms with Crippen molar-refractivity contribution in [3.8, 4) is 28.7 Å². The van der Waals surface area contributed by atoms with E-state index in [-0.39, 0.29) is 0 Å². The lowest BCUT2D eigenvalue weighted by molar-refractivity contribution is 0.172. The van der Waals surface area contributed by atoms with Gasteiger partial charge in [0.1, 0.15) is 19.3 Å². The van der Waals surface area contributed by atoms with Gasteiger partial charge in [0.05, 0.1) is 5.56 Å². The number of aromatic nitrogens is 1. The Kier molecular flexibility index (Phi) is 2.23. The molecule has 1 aromatic carbocycles. The molecule has 0 atom stereocenters. The van der Waals surface area contributed by atoms with E-state index in [9.17, 15) is 0 Å². The number of aromatic amines is 1. The molecule has 0 aliphatic carbocycles. The molecule has 4 nitrogen and oxygen atoms in total. The molecule has 2 heterocycles. The lowest BCUT2D eigenvalue weighted by atomic mass is 10.0. The number of nitrogens with one attached hydrogen (secondary N) is 1. The van der Waals surface area contributed by atoms with Crippen molar-refractivity contribution in [2.75, 3.05) is 13.2 Å². The summed E-state index contributed by atoms with van der Waals surface area (Å²) in [6, 6.07) is 7.85. The maximum Gasteiger partial charge on any atom is 0.169 e. The number of nitrogens with zero attached hydrogens (tertiary/aromatic N) is 1. The van der Waals surface area contributed by atoms with Crippen molar-refractivity contribution >= 4 is 0 Å². The molecule has 84 valence electrons. The van der Waals surface area contributed by atoms with Gasteiger partial charge in [-0.2, -0.15) is 5.26 Å². The largest absolute Gasteiger partial charge is 0.486 e. The molecule has 0 radical (unpaired) electrons. The van der Waals surface area contributed by atoms with Crippen LogP contribution in [-0.2, 0) is 0 Å². The number of ether oxygens (including phenoxy) is 2. The highest BCUT2D eigenvalue weighted by molar-refractivity contribution is 5.77. The minimum Gasteiger partial charge on any atom is -0.486 e. The highest BCUT2D eigenvalue weighted by Crippen LogP contribution is 2.40. The van der Waals surface area contributed by atoms with Crippen LogP contribution in [0.5, 0.6) is 11.5 Å². The van der Waals surface area contributed by atoms with Crippen LogP contribution in [0.2, 0.25) is 0 Å². The van der Waals surface area contributed by atoms with Gasteiger partial charge in [0.15, 0.2) is 11.5 Å². The van der Waals surface area contributed by atoms with Crippen molar-refractivity contribution in [1.29, 1.82) is 5.26 Å². The van der Waals surface area contributed by atoms with E-state index in [0.29, 0.717) is 18.8 Å². The van der Waals surface area contributed by atoms with E-state index >= 15 is 0 Å². The summed E-state index contributed by atoms with van der Waals surface area (Å²) in [6.45, 7) is 1.10. The third kappa shape index (κ3) is 1.53. The molecule has 1 aromatic heterocycles. The molecular formula is C13H10N2O2. The molecule has 17 heavy (non-hydrogen) atoms. The Labute approximate surface area is 98.4 Å². The molecular weight excluding hydrogens is 216 g/mol. The minimum absolute atomic E-state index is 0.538. The van der Waals surface area contributed by atoms with Crippen molar-refractivity contribution in [1.82, 2.24) is 4.98 Å². The van der Waals surface area contributed by atoms with Crippen LogP contribution in [0, 0.1) is 11.3 Å². The first kappa shape index (κ1) is 9.79. The van der Waals surface area contributed by atoms with E-state index in [1.165, 1.54) is 0 Å². The summed E-state index contributed by atoms with van der Waals surface area (Å²) in [5, 5.41) is 9.03. The van der Waals surface area contributed by atoms with Crippen LogP contribution in [0.3, 0.4) is 0 Å². The van der Waals surface area contributed by atoms with Gasteiger partial charge in [-0.25, -0.2) is 0 Å². The third-order valence-corrected chi connectivity index (χ3v) is 2.72. The second-order valence-electron chi connectivity index (χ2n) is 3.72. The fourth-order valence-corrected chi connectivity index (χ4v) is 1.96. The predicted octanol–water partition coefficient (Wildman–Crippen LogP) is 2.32. The van der Waals surface area contributed by atoms with Gasteiger partial charge in [-0.3, -0.25) is 0 Å². The van der Waals surface area contributed by atoms with Gasteiger partial charge in [0.2, 0.25) is 0 Å². The van der Waals surface area contributed by atoms with Crippen LogP contribution in [-0.4, -0.2) is 18.2 Å². The van der Waals surface area contributed by atoms with Gasteiger partial charge in [-0.1, -0.05) is 12.1 Å². The summed E-state index contributed by atoms with van der Waals surface area (Å²) in [5.74, 6) is 1.45. The van der Waals surface area contributed by atoms with Crippen LogP contribution >= 0.6 is 0 Å². The van der Waals surface area contributed by atoms with E-state index in [1.54, 1.807) is 12.4 Å². The van der Waals surface area contributed by atoms with Gasteiger partial charge in [-0.15, -0.1) is 0 Å². The molecule has 0 saturated heterocycles. The number of nitriles is 1. The van der Waals surface area contributed by atoms with Crippen LogP contribution in [0.4, 0.5) is 0 Å². The summed E-state index contributed by atoms with van der Waals surface area (Å²) in [6.07, 6.45) is 3.48. The first-order valence-electron chi connectivity index (χ1n) is 5.36. The Balaban J connectivity index is 2.19. The zero-order valence-corrected chi connectivity index (χ0v) is 9.06. The zero-order chi connectivity index (χ0) is 11.7. The summed E-state index contributed by atoms with van der Waals surface area (Å²) in [4.78, 5) is 2.94. The SMILES string of the molecule is N#Cc1c[nH]cc1-c1cccc2c1OCCO2. The molecule has 0 saturated carbocycles. The molecule has 0 unspecified atom stereocenters. The topological polar surface area (TPSA) is 58.0 Å². The van der Waals surface area contributed by atoms with Crippen molar-refractivity contribution in [3.05, 3.63) is 36.2 Å². The lowest BCUT2D eigenvalue weighted by Crippen LogP contribution is -2.15. The Morgan fingerprint density at radius 2 is 2.00 bits per heavy atom. The monoisotopic (exact) mass is 226 g/mol. The Morgan fingerprint density at radius 3 is 2.88 bits per heavy atom. The molecule has 3 rings (SSSR count). The minimum atomic E-state index is 0.538. The number of rotatable bonds is 1. The zero-order valence-electron chi connectivity index (χ0n) is 9.06. The number of hydrogen-bond donors (Lipinski definition) is 1. The van der Waals surface area contributed by atoms with Crippen molar-refractivity contribution in [2.24, 2.45) is 0 Å². The third-order valence-electron chi connectivity index (χ3n) is 2.72. The van der Waals surface area contributed by atoms with Gasteiger partial charge in [0.25, 0.3) is 0 Å². The van der Waals surface area contributed by atoms with E-state index < -0.39 is 0 Å². The quantitative estimate of drug-likeness (QED) is 0.811. The molecule has 1 aliphatic heterocycles. The fourth-order valence-electron chi connectivity index (χ4n) is 1.96. The highest BCUT2D eigenvalue weighted by Gasteiger charge is 2.18. The van der Waals surface area contributed by atoms with E-state index in [2.05, 4.69) is 11.1 Å². The molecule has 1 N–H and O–H groups in total. The van der Waals surface area contributed by atoms with Crippen LogP contribution in [0.1, 0.15) is 5.56 Å². The van der Waals surface area contributed by atoms with Gasteiger partial charge >= 0.3 is 0 Å². The van der Waals surface area contributed by atoms with E-state index in [4.69, 9.17) is 14.7 Å². The predicted molar refractivity (Wildman–Crippen MR) is 61.9 cm³/mol. The number of benzene rings is 1. The summed E-state index contributed by atoms with van der Waals surface area (Å²) >= 11 is 0. The van der Waals surface area contributed by atoms with E-state index in [1.807, 2.05) is 18.2 Å². The van der Waals surface area contributed by atoms with Crippen LogP contribution in [0.15, 0.2) is 30.6 Å². The van der Waals surface area contributed by atoms with Crippen molar-refractivity contribution in [2.45, 2.75) is 0 Å². The second-order valence-corrected chi connectivity index (χ2v) is 3.72. The van der Waals surface area contributed by atoms with Crippen LogP contribution in [0.25, 0.3) is 11.1 Å². The van der Waals surface area contributed by atoms with Crippen molar-refractivity contribution in [3.63, 3.8) is 0 Å². The molecule has 0 bridgehead atoms. The molecule has 1 aliphatic rings. The Morgan fingerprint density at radius 1 is 1.12 bits per heavy atom. The summed E-state index contributed by atoms with van der Waals surface area (Å²) in [7, 11) is 0. The van der Waals surface area contributed by atoms with Crippen LogP contribution < -0.4 is 9.47 Å². The number of hydrogen-bond acceptors (Lipinski definition) is 3. The Bertz CT molecular complexity index is 596. The van der Waals surface area contributed by atoms with Crippen molar-refractivity contribution < 1.29 is 9.47 Å². The highest BCUT2D eigenvalue weighted by atomic mass is 16.6. The van der Waals surface area contributed by atoms with E-state index in [0.717, 1.165) is 22.6 Å². The average molecular weight is 226 g/mol. The standard InChI is InChI=1S/C13H10N2O2/c14-6-9-7-15-8-11(9)10-2-1-3-12-13(10)17-5-4-16-12/h1-3,7-8,15H,4-5H2. The summed E-state index contributed by atoms with van der Waals surface area (Å²) in [5.41, 5.74) is 2.34. The normalized spacial score (nSPS) is 13.1. The van der Waals surface area contributed by atoms with Gasteiger partial charge in [-0.05, 0) is 6.07 Å². The second kappa shape index (κ2) is 3.87. The Hall–Kier alpha value is -2.41. The molecule has 4 heteroatoms. The number of H-pyrrole nitrogens is 1. The molecule has 0 fully saturated rings. The number of fused-ring (bicyclic) bond motifs is 1. The van der Waals surface area contributed by atoms with Gasteiger partial charge in [0, 0.05) is 23.5 Å². The van der Waals surface area contributed by atoms with Gasteiger partial charge < -0.3 is 14.5 Å². The maximum atomic E-state index is 9.03. The maximum absolute atomic E-state index is 9.03. The average Bonchev–Trinajstić information content (AvgIpc) is 2.86. The first-order chi connectivity index (χ1) is 8.40. The number of para-hydroxylation sites is 1. The lowest BCUT2D eigenvalue weighted by Gasteiger charge is -2.20. The summed E-state index contributed by atoms with van der Waals surface area (Å²) < 4.78 is 11.1. The first-order valence-corrected chi connectivity index (χ1v) is 5.36. The smallest absolute Gasteiger partial charge is 0.169 e. The molecule has 2 aromatic rings. The molecule has 0 amide bonds. The molecule has 0 spiro atoms. The fraction of sp³-hybridized carbons (Fsp3) is 0.154.